The molecule has 0 bridgehead atoms. The van der Waals surface area contributed by atoms with Gasteiger partial charge in [-0.2, -0.15) is 0 Å². The molecule has 60 valence electrons. The van der Waals surface area contributed by atoms with Crippen LogP contribution in [-0.4, -0.2) is 10.1 Å². The molecule has 1 heterocycles. The molecule has 0 saturated carbocycles. The minimum atomic E-state index is -3.02. The van der Waals surface area contributed by atoms with Gasteiger partial charge in [0.1, 0.15) is 5.75 Å². The van der Waals surface area contributed by atoms with Crippen molar-refractivity contribution in [3.05, 3.63) is 23.8 Å². The van der Waals surface area contributed by atoms with Crippen LogP contribution in [0.25, 0.3) is 0 Å². The molecule has 2 nitrogen and oxygen atoms in total. The number of alkyl halides is 2. The lowest BCUT2D eigenvalue weighted by molar-refractivity contribution is 0.142. The Morgan fingerprint density at radius 2 is 2.00 bits per heavy atom. The van der Waals surface area contributed by atoms with Gasteiger partial charge in [0.25, 0.3) is 6.43 Å². The van der Waals surface area contributed by atoms with Gasteiger partial charge in [-0.15, -0.1) is 0 Å². The highest BCUT2D eigenvalue weighted by molar-refractivity contribution is 5.30. The van der Waals surface area contributed by atoms with E-state index in [-0.39, 0.29) is 0 Å². The molecule has 0 saturated heterocycles. The number of hydrogen-bond donors (Lipinski definition) is 1. The zero-order valence-corrected chi connectivity index (χ0v) is 5.26. The minimum Gasteiger partial charge on any atom is -0.506 e. The van der Waals surface area contributed by atoms with Crippen molar-refractivity contribution >= 4 is 0 Å². The smallest absolute Gasteiger partial charge is 0.270 e. The minimum absolute atomic E-state index is 0.626. The van der Waals surface area contributed by atoms with Crippen LogP contribution in [0.4, 0.5) is 13.2 Å². The zero-order chi connectivity index (χ0) is 8.43. The van der Waals surface area contributed by atoms with Crippen molar-refractivity contribution in [3.8, 4) is 5.75 Å². The molecule has 0 fully saturated rings. The van der Waals surface area contributed by atoms with Crippen LogP contribution in [0.3, 0.4) is 0 Å². The standard InChI is InChI=1S/C6H4F3NO/c7-3-1-10-2-4(11)5(3)6(8)9/h1-2,6,11H. The van der Waals surface area contributed by atoms with Crippen LogP contribution < -0.4 is 0 Å². The first-order valence-electron chi connectivity index (χ1n) is 2.73. The average Bonchev–Trinajstić information content (AvgIpc) is 1.85. The summed E-state index contributed by atoms with van der Waals surface area (Å²) in [6.45, 7) is 0. The summed E-state index contributed by atoms with van der Waals surface area (Å²) in [4.78, 5) is 3.17. The van der Waals surface area contributed by atoms with Crippen molar-refractivity contribution in [1.82, 2.24) is 4.98 Å². The summed E-state index contributed by atoms with van der Waals surface area (Å²) in [6, 6.07) is 0. The maximum Gasteiger partial charge on any atom is 0.270 e. The summed E-state index contributed by atoms with van der Waals surface area (Å²) in [5.74, 6) is -2.01. The molecule has 0 spiro atoms. The second-order valence-corrected chi connectivity index (χ2v) is 1.85. The van der Waals surface area contributed by atoms with Gasteiger partial charge in [0.05, 0.1) is 18.0 Å². The van der Waals surface area contributed by atoms with E-state index in [4.69, 9.17) is 5.11 Å². The molecule has 11 heavy (non-hydrogen) atoms. The van der Waals surface area contributed by atoms with Gasteiger partial charge in [0.2, 0.25) is 0 Å². The Balaban J connectivity index is 3.21. The first kappa shape index (κ1) is 7.84. The van der Waals surface area contributed by atoms with Crippen molar-refractivity contribution in [2.45, 2.75) is 6.43 Å². The van der Waals surface area contributed by atoms with E-state index in [1.54, 1.807) is 0 Å². The van der Waals surface area contributed by atoms with Crippen LogP contribution in [0.15, 0.2) is 12.4 Å². The topological polar surface area (TPSA) is 33.1 Å². The van der Waals surface area contributed by atoms with Crippen LogP contribution in [0.2, 0.25) is 0 Å². The summed E-state index contributed by atoms with van der Waals surface area (Å²) in [6.07, 6.45) is -1.62. The number of hydrogen-bond acceptors (Lipinski definition) is 2. The van der Waals surface area contributed by atoms with Crippen molar-refractivity contribution in [1.29, 1.82) is 0 Å². The molecular formula is C6H4F3NO. The molecule has 1 aromatic rings. The average molecular weight is 163 g/mol. The second-order valence-electron chi connectivity index (χ2n) is 1.85. The van der Waals surface area contributed by atoms with E-state index < -0.39 is 23.6 Å². The van der Waals surface area contributed by atoms with E-state index >= 15 is 0 Å². The van der Waals surface area contributed by atoms with E-state index in [0.29, 0.717) is 6.20 Å². The van der Waals surface area contributed by atoms with E-state index in [0.717, 1.165) is 6.20 Å². The third-order valence-corrected chi connectivity index (χ3v) is 1.14. The maximum atomic E-state index is 12.4. The van der Waals surface area contributed by atoms with Crippen LogP contribution >= 0.6 is 0 Å². The predicted molar refractivity (Wildman–Crippen MR) is 30.8 cm³/mol. The van der Waals surface area contributed by atoms with E-state index in [1.807, 2.05) is 0 Å². The summed E-state index contributed by atoms with van der Waals surface area (Å²) < 4.78 is 36.1. The van der Waals surface area contributed by atoms with Crippen molar-refractivity contribution in [2.24, 2.45) is 0 Å². The Bertz CT molecular complexity index is 244. The molecule has 1 N–H and O–H groups in total. The molecule has 0 aliphatic carbocycles. The van der Waals surface area contributed by atoms with Gasteiger partial charge in [-0.1, -0.05) is 0 Å². The number of nitrogens with zero attached hydrogens (tertiary/aromatic N) is 1. The molecule has 0 atom stereocenters. The molecule has 0 amide bonds. The lowest BCUT2D eigenvalue weighted by atomic mass is 10.2. The van der Waals surface area contributed by atoms with Crippen LogP contribution in [0.1, 0.15) is 12.0 Å². The number of halogens is 3. The Hall–Kier alpha value is -1.26. The van der Waals surface area contributed by atoms with Crippen molar-refractivity contribution < 1.29 is 18.3 Å². The van der Waals surface area contributed by atoms with E-state index in [2.05, 4.69) is 4.98 Å². The fraction of sp³-hybridized carbons (Fsp3) is 0.167. The second kappa shape index (κ2) is 2.77. The molecule has 1 aromatic heterocycles. The van der Waals surface area contributed by atoms with Gasteiger partial charge < -0.3 is 5.11 Å². The fourth-order valence-corrected chi connectivity index (χ4v) is 0.651. The van der Waals surface area contributed by atoms with Gasteiger partial charge in [-0.05, 0) is 0 Å². The normalized spacial score (nSPS) is 10.5. The maximum absolute atomic E-state index is 12.4. The number of rotatable bonds is 1. The third kappa shape index (κ3) is 1.42. The van der Waals surface area contributed by atoms with E-state index in [1.165, 1.54) is 0 Å². The molecular weight excluding hydrogens is 159 g/mol. The highest BCUT2D eigenvalue weighted by Crippen LogP contribution is 2.28. The number of aromatic hydroxyl groups is 1. The number of aromatic nitrogens is 1. The monoisotopic (exact) mass is 163 g/mol. The Morgan fingerprint density at radius 3 is 2.36 bits per heavy atom. The van der Waals surface area contributed by atoms with Gasteiger partial charge in [0.15, 0.2) is 5.82 Å². The summed E-state index contributed by atoms with van der Waals surface area (Å²) >= 11 is 0. The largest absolute Gasteiger partial charge is 0.506 e. The van der Waals surface area contributed by atoms with Crippen LogP contribution in [0, 0.1) is 5.82 Å². The summed E-state index contributed by atoms with van der Waals surface area (Å²) in [5, 5.41) is 8.68. The van der Waals surface area contributed by atoms with Gasteiger partial charge in [-0.25, -0.2) is 13.2 Å². The van der Waals surface area contributed by atoms with Gasteiger partial charge in [-0.3, -0.25) is 4.98 Å². The van der Waals surface area contributed by atoms with Crippen molar-refractivity contribution in [3.63, 3.8) is 0 Å². The molecule has 0 unspecified atom stereocenters. The molecule has 0 aromatic carbocycles. The summed E-state index contributed by atoms with van der Waals surface area (Å²) in [7, 11) is 0. The number of pyridine rings is 1. The molecule has 0 radical (unpaired) electrons. The first-order valence-corrected chi connectivity index (χ1v) is 2.73. The lowest BCUT2D eigenvalue weighted by Crippen LogP contribution is -1.92. The van der Waals surface area contributed by atoms with E-state index in [9.17, 15) is 13.2 Å². The van der Waals surface area contributed by atoms with Crippen molar-refractivity contribution in [2.75, 3.05) is 0 Å². The fourth-order valence-electron chi connectivity index (χ4n) is 0.651. The Kier molecular flexibility index (Phi) is 1.98. The van der Waals surface area contributed by atoms with Crippen LogP contribution in [0.5, 0.6) is 5.75 Å². The third-order valence-electron chi connectivity index (χ3n) is 1.14. The van der Waals surface area contributed by atoms with Gasteiger partial charge in [0, 0.05) is 0 Å². The highest BCUT2D eigenvalue weighted by atomic mass is 19.3. The highest BCUT2D eigenvalue weighted by Gasteiger charge is 2.17. The first-order chi connectivity index (χ1) is 5.13. The Labute approximate surface area is 60.3 Å². The van der Waals surface area contributed by atoms with Crippen LogP contribution in [-0.2, 0) is 0 Å². The lowest BCUT2D eigenvalue weighted by Gasteiger charge is -2.01. The Morgan fingerprint density at radius 1 is 1.36 bits per heavy atom. The zero-order valence-electron chi connectivity index (χ0n) is 5.26. The molecule has 5 heteroatoms. The molecule has 1 rings (SSSR count). The molecule has 0 aliphatic rings. The van der Waals surface area contributed by atoms with Gasteiger partial charge >= 0.3 is 0 Å². The SMILES string of the molecule is Oc1cncc(F)c1C(F)F. The quantitative estimate of drug-likeness (QED) is 0.685. The summed E-state index contributed by atoms with van der Waals surface area (Å²) in [5.41, 5.74) is -1.000. The molecule has 0 aliphatic heterocycles. The predicted octanol–water partition coefficient (Wildman–Crippen LogP) is 1.86.